The zero-order valence-corrected chi connectivity index (χ0v) is 15.1. The highest BCUT2D eigenvalue weighted by Gasteiger charge is 2.71. The lowest BCUT2D eigenvalue weighted by atomic mass is 9.89. The third-order valence-electron chi connectivity index (χ3n) is 4.40. The molecule has 32 heavy (non-hydrogen) atoms. The summed E-state index contributed by atoms with van der Waals surface area (Å²) >= 11 is 0. The molecule has 1 unspecified atom stereocenters. The molecule has 3 N–H and O–H groups in total. The number of Topliss-reactive ketones (excluding diaryl/α,β-unsaturated/α-hetero) is 1. The van der Waals surface area contributed by atoms with E-state index in [4.69, 9.17) is 10.2 Å². The molecule has 0 aliphatic heterocycles. The summed E-state index contributed by atoms with van der Waals surface area (Å²) in [6.07, 6.45) is -32.7. The van der Waals surface area contributed by atoms with E-state index < -0.39 is 71.8 Å². The van der Waals surface area contributed by atoms with Crippen LogP contribution in [-0.4, -0.2) is 57.0 Å². The Labute approximate surface area is 170 Å². The Morgan fingerprint density at radius 1 is 0.688 bits per heavy atom. The third kappa shape index (κ3) is 5.28. The van der Waals surface area contributed by atoms with Gasteiger partial charge in [0.1, 0.15) is 0 Å². The molecule has 0 fully saturated rings. The highest BCUT2D eigenvalue weighted by atomic mass is 19.4. The number of hydrogen-bond donors (Lipinski definition) is 3. The molecule has 1 aromatic rings. The Balaban J connectivity index is 3.15. The zero-order chi connectivity index (χ0) is 25.6. The molecule has 0 saturated heterocycles. The number of aliphatic hydroxyl groups is 3. The summed E-state index contributed by atoms with van der Waals surface area (Å²) in [4.78, 5) is 11.8. The Kier molecular flexibility index (Phi) is 7.31. The van der Waals surface area contributed by atoms with Crippen molar-refractivity contribution < 1.29 is 72.8 Å². The molecule has 0 bridgehead atoms. The van der Waals surface area contributed by atoms with Crippen LogP contribution >= 0.6 is 0 Å². The zero-order valence-electron chi connectivity index (χ0n) is 15.1. The van der Waals surface area contributed by atoms with Gasteiger partial charge in [0, 0.05) is 12.0 Å². The molecule has 16 heteroatoms. The first-order valence-corrected chi connectivity index (χ1v) is 8.01. The van der Waals surface area contributed by atoms with E-state index in [1.165, 1.54) is 0 Å². The first kappa shape index (κ1) is 28.0. The minimum Gasteiger partial charge on any atom is -0.388 e. The molecule has 1 atom stereocenters. The molecule has 4 nitrogen and oxygen atoms in total. The fourth-order valence-electron chi connectivity index (χ4n) is 2.38. The van der Waals surface area contributed by atoms with Crippen LogP contribution in [-0.2, 0) is 0 Å². The van der Waals surface area contributed by atoms with Gasteiger partial charge in [0.2, 0.25) is 0 Å². The second-order valence-corrected chi connectivity index (χ2v) is 6.65. The van der Waals surface area contributed by atoms with Crippen LogP contribution < -0.4 is 0 Å². The Hall–Kier alpha value is -2.07. The molecule has 0 aliphatic carbocycles. The molecule has 0 aliphatic rings. The van der Waals surface area contributed by atoms with Crippen LogP contribution in [0.4, 0.5) is 52.7 Å². The smallest absolute Gasteiger partial charge is 0.388 e. The van der Waals surface area contributed by atoms with Gasteiger partial charge in [0.05, 0.1) is 12.5 Å². The summed E-state index contributed by atoms with van der Waals surface area (Å²) in [6.45, 7) is 0. The summed E-state index contributed by atoms with van der Waals surface area (Å²) in [5.74, 6) is -1.93. The van der Waals surface area contributed by atoms with Gasteiger partial charge in [-0.1, -0.05) is 24.3 Å². The van der Waals surface area contributed by atoms with Crippen LogP contribution in [0.15, 0.2) is 24.3 Å². The van der Waals surface area contributed by atoms with Gasteiger partial charge >= 0.3 is 24.7 Å². The molecule has 0 radical (unpaired) electrons. The number of aliphatic hydroxyl groups excluding tert-OH is 1. The molecule has 184 valence electrons. The largest absolute Gasteiger partial charge is 0.426 e. The number of halogens is 12. The SMILES string of the molecule is O=C(CC(O)(C(F)(F)F)C(F)(F)F)c1ccc(C(O)CC(O)(C(F)(F)F)C(F)(F)F)cc1. The predicted molar refractivity (Wildman–Crippen MR) is 79.1 cm³/mol. The van der Waals surface area contributed by atoms with E-state index in [0.717, 1.165) is 0 Å². The molecule has 0 aromatic heterocycles. The van der Waals surface area contributed by atoms with E-state index in [-0.39, 0.29) is 0 Å². The van der Waals surface area contributed by atoms with Crippen molar-refractivity contribution in [3.63, 3.8) is 0 Å². The maximum absolute atomic E-state index is 12.7. The van der Waals surface area contributed by atoms with Crippen LogP contribution in [0.25, 0.3) is 0 Å². The van der Waals surface area contributed by atoms with Gasteiger partial charge in [-0.2, -0.15) is 52.7 Å². The lowest BCUT2D eigenvalue weighted by molar-refractivity contribution is -0.374. The molecule has 1 rings (SSSR count). The number of carbonyl (C=O) groups is 1. The van der Waals surface area contributed by atoms with Gasteiger partial charge < -0.3 is 15.3 Å². The van der Waals surface area contributed by atoms with Crippen molar-refractivity contribution in [3.8, 4) is 0 Å². The highest BCUT2D eigenvalue weighted by Crippen LogP contribution is 2.48. The number of ketones is 1. The Morgan fingerprint density at radius 2 is 1.03 bits per heavy atom. The maximum Gasteiger partial charge on any atom is 0.426 e. The van der Waals surface area contributed by atoms with Crippen LogP contribution in [0, 0.1) is 0 Å². The van der Waals surface area contributed by atoms with E-state index in [2.05, 4.69) is 0 Å². The first-order chi connectivity index (χ1) is 14.0. The lowest BCUT2D eigenvalue weighted by Gasteiger charge is -2.33. The van der Waals surface area contributed by atoms with Gasteiger partial charge in [-0.15, -0.1) is 0 Å². The average Bonchev–Trinajstić information content (AvgIpc) is 2.57. The van der Waals surface area contributed by atoms with Gasteiger partial charge in [-0.3, -0.25) is 4.79 Å². The fourth-order valence-corrected chi connectivity index (χ4v) is 2.38. The summed E-state index contributed by atoms with van der Waals surface area (Å²) in [5, 5.41) is 27.7. The van der Waals surface area contributed by atoms with Gasteiger partial charge in [0.15, 0.2) is 5.78 Å². The minimum atomic E-state index is -6.31. The van der Waals surface area contributed by atoms with Crippen molar-refractivity contribution >= 4 is 5.78 Å². The monoisotopic (exact) mass is 496 g/mol. The van der Waals surface area contributed by atoms with Crippen molar-refractivity contribution in [1.29, 1.82) is 0 Å². The maximum atomic E-state index is 12.7. The second kappa shape index (κ2) is 8.37. The van der Waals surface area contributed by atoms with E-state index in [0.29, 0.717) is 24.3 Å². The molecular weight excluding hydrogens is 484 g/mol. The van der Waals surface area contributed by atoms with E-state index in [9.17, 15) is 62.6 Å². The number of rotatable bonds is 6. The van der Waals surface area contributed by atoms with Crippen LogP contribution in [0.1, 0.15) is 34.9 Å². The average molecular weight is 496 g/mol. The summed E-state index contributed by atoms with van der Waals surface area (Å²) in [7, 11) is 0. The molecule has 0 saturated carbocycles. The highest BCUT2D eigenvalue weighted by molar-refractivity contribution is 5.96. The topological polar surface area (TPSA) is 77.8 Å². The number of hydrogen-bond acceptors (Lipinski definition) is 4. The lowest BCUT2D eigenvalue weighted by Crippen LogP contribution is -2.57. The van der Waals surface area contributed by atoms with Crippen molar-refractivity contribution in [1.82, 2.24) is 0 Å². The Morgan fingerprint density at radius 3 is 1.34 bits per heavy atom. The summed E-state index contributed by atoms with van der Waals surface area (Å²) in [5.41, 5.74) is -12.5. The molecule has 0 amide bonds. The van der Waals surface area contributed by atoms with Crippen LogP contribution in [0.2, 0.25) is 0 Å². The van der Waals surface area contributed by atoms with Gasteiger partial charge in [-0.25, -0.2) is 0 Å². The minimum absolute atomic E-state index is 0.411. The van der Waals surface area contributed by atoms with Crippen molar-refractivity contribution in [3.05, 3.63) is 35.4 Å². The van der Waals surface area contributed by atoms with Crippen molar-refractivity contribution in [2.45, 2.75) is 54.9 Å². The van der Waals surface area contributed by atoms with E-state index in [1.807, 2.05) is 0 Å². The predicted octanol–water partition coefficient (Wildman–Crippen LogP) is 4.39. The summed E-state index contributed by atoms with van der Waals surface area (Å²) < 4.78 is 152. The molecule has 1 aromatic carbocycles. The number of benzene rings is 1. The first-order valence-electron chi connectivity index (χ1n) is 8.01. The summed E-state index contributed by atoms with van der Waals surface area (Å²) in [6, 6.07) is 1.72. The van der Waals surface area contributed by atoms with Crippen LogP contribution in [0.5, 0.6) is 0 Å². The molecule has 0 heterocycles. The fraction of sp³-hybridized carbons (Fsp3) is 0.562. The third-order valence-corrected chi connectivity index (χ3v) is 4.40. The van der Waals surface area contributed by atoms with Gasteiger partial charge in [-0.05, 0) is 5.56 Å². The van der Waals surface area contributed by atoms with E-state index in [1.54, 1.807) is 0 Å². The van der Waals surface area contributed by atoms with Gasteiger partial charge in [0.25, 0.3) is 11.2 Å². The molecule has 0 spiro atoms. The van der Waals surface area contributed by atoms with Crippen LogP contribution in [0.3, 0.4) is 0 Å². The molecular formula is C16H12F12O4. The standard InChI is InChI=1S/C16H12F12O4/c17-13(18,19)11(31,14(20,21)22)5-9(29)7-1-2-8(4-3-7)10(30)6-12(32,15(23,24)25)16(26,27)28/h1-4,9,29,31-32H,5-6H2. The quantitative estimate of drug-likeness (QED) is 0.404. The second-order valence-electron chi connectivity index (χ2n) is 6.65. The number of alkyl halides is 12. The normalized spacial score (nSPS) is 15.6. The van der Waals surface area contributed by atoms with Crippen molar-refractivity contribution in [2.24, 2.45) is 0 Å². The van der Waals surface area contributed by atoms with E-state index >= 15 is 0 Å². The number of carbonyl (C=O) groups excluding carboxylic acids is 1. The van der Waals surface area contributed by atoms with Crippen molar-refractivity contribution in [2.75, 3.05) is 0 Å². The Bertz CT molecular complexity index is 777.